The van der Waals surface area contributed by atoms with Crippen molar-refractivity contribution in [3.05, 3.63) is 22.2 Å². The Morgan fingerprint density at radius 1 is 1.43 bits per heavy atom. The number of anilines is 2. The van der Waals surface area contributed by atoms with Gasteiger partial charge < -0.3 is 15.0 Å². The van der Waals surface area contributed by atoms with E-state index in [1.54, 1.807) is 13.1 Å². The number of nitrogens with one attached hydrogen (secondary N) is 1. The minimum atomic E-state index is -0.352. The highest BCUT2D eigenvalue weighted by atomic mass is 16.6. The third-order valence-corrected chi connectivity index (χ3v) is 4.31. The summed E-state index contributed by atoms with van der Waals surface area (Å²) in [5.41, 5.74) is 0.0697. The average molecular weight is 292 g/mol. The van der Waals surface area contributed by atoms with Crippen molar-refractivity contribution in [2.75, 3.05) is 30.4 Å². The summed E-state index contributed by atoms with van der Waals surface area (Å²) in [7, 11) is 1.76. The largest absolute Gasteiger partial charge is 0.374 e. The molecule has 2 heterocycles. The number of aromatic nitrogens is 1. The molecule has 2 unspecified atom stereocenters. The van der Waals surface area contributed by atoms with Gasteiger partial charge in [-0.1, -0.05) is 12.8 Å². The monoisotopic (exact) mass is 292 g/mol. The van der Waals surface area contributed by atoms with Gasteiger partial charge in [-0.05, 0) is 18.9 Å². The Kier molecular flexibility index (Phi) is 3.92. The van der Waals surface area contributed by atoms with Gasteiger partial charge in [0.05, 0.1) is 23.7 Å². The SMILES string of the molecule is CNc1ccc([N+](=O)[O-])c(N2CCOC3CCCCC32)n1. The molecule has 0 spiro atoms. The van der Waals surface area contributed by atoms with Gasteiger partial charge in [-0.3, -0.25) is 10.1 Å². The van der Waals surface area contributed by atoms with Crippen molar-refractivity contribution in [1.29, 1.82) is 0 Å². The number of ether oxygens (including phenoxy) is 1. The van der Waals surface area contributed by atoms with Crippen LogP contribution in [0.3, 0.4) is 0 Å². The third-order valence-electron chi connectivity index (χ3n) is 4.31. The maximum Gasteiger partial charge on any atom is 0.311 e. The summed E-state index contributed by atoms with van der Waals surface area (Å²) in [5.74, 6) is 1.11. The molecular formula is C14H20N4O3. The molecule has 1 aromatic rings. The fourth-order valence-electron chi connectivity index (χ4n) is 3.29. The van der Waals surface area contributed by atoms with E-state index in [0.717, 1.165) is 19.3 Å². The number of fused-ring (bicyclic) bond motifs is 1. The number of nitro groups is 1. The fraction of sp³-hybridized carbons (Fsp3) is 0.643. The second-order valence-corrected chi connectivity index (χ2v) is 5.50. The molecule has 1 saturated carbocycles. The topological polar surface area (TPSA) is 80.5 Å². The standard InChI is InChI=1S/C14H20N4O3/c1-15-13-7-6-11(18(19)20)14(16-13)17-8-9-21-12-5-3-2-4-10(12)17/h6-7,10,12H,2-5,8-9H2,1H3,(H,15,16). The first kappa shape index (κ1) is 14.1. The van der Waals surface area contributed by atoms with Gasteiger partial charge in [-0.2, -0.15) is 0 Å². The predicted molar refractivity (Wildman–Crippen MR) is 79.8 cm³/mol. The maximum atomic E-state index is 11.3. The first-order valence-corrected chi connectivity index (χ1v) is 7.42. The number of hydrogen-bond acceptors (Lipinski definition) is 6. The van der Waals surface area contributed by atoms with Crippen LogP contribution in [0.5, 0.6) is 0 Å². The molecule has 1 aliphatic heterocycles. The van der Waals surface area contributed by atoms with E-state index in [1.165, 1.54) is 12.5 Å². The van der Waals surface area contributed by atoms with Gasteiger partial charge in [0.1, 0.15) is 5.82 Å². The van der Waals surface area contributed by atoms with Gasteiger partial charge in [0.15, 0.2) is 0 Å². The first-order chi connectivity index (χ1) is 10.2. The highest BCUT2D eigenvalue weighted by Gasteiger charge is 2.37. The van der Waals surface area contributed by atoms with Crippen LogP contribution in [-0.2, 0) is 4.74 Å². The molecule has 1 aromatic heterocycles. The van der Waals surface area contributed by atoms with E-state index in [9.17, 15) is 10.1 Å². The molecule has 2 atom stereocenters. The quantitative estimate of drug-likeness (QED) is 0.679. The Morgan fingerprint density at radius 2 is 2.24 bits per heavy atom. The molecule has 7 nitrogen and oxygen atoms in total. The molecule has 0 amide bonds. The normalized spacial score (nSPS) is 25.3. The summed E-state index contributed by atoms with van der Waals surface area (Å²) in [6, 6.07) is 3.37. The van der Waals surface area contributed by atoms with Gasteiger partial charge in [-0.25, -0.2) is 4.98 Å². The summed E-state index contributed by atoms with van der Waals surface area (Å²) in [4.78, 5) is 17.5. The van der Waals surface area contributed by atoms with Crippen LogP contribution in [0.1, 0.15) is 25.7 Å². The van der Waals surface area contributed by atoms with E-state index in [0.29, 0.717) is 24.8 Å². The first-order valence-electron chi connectivity index (χ1n) is 7.42. The van der Waals surface area contributed by atoms with Crippen LogP contribution in [0.15, 0.2) is 12.1 Å². The zero-order chi connectivity index (χ0) is 14.8. The number of rotatable bonds is 3. The van der Waals surface area contributed by atoms with E-state index in [2.05, 4.69) is 15.2 Å². The minimum absolute atomic E-state index is 0.0697. The smallest absolute Gasteiger partial charge is 0.311 e. The lowest BCUT2D eigenvalue weighted by atomic mass is 9.90. The Labute approximate surface area is 123 Å². The highest BCUT2D eigenvalue weighted by molar-refractivity contribution is 5.62. The number of pyridine rings is 1. The van der Waals surface area contributed by atoms with Gasteiger partial charge in [0.25, 0.3) is 0 Å². The molecular weight excluding hydrogens is 272 g/mol. The van der Waals surface area contributed by atoms with E-state index < -0.39 is 0 Å². The zero-order valence-electron chi connectivity index (χ0n) is 12.1. The summed E-state index contributed by atoms with van der Waals surface area (Å²) in [5, 5.41) is 14.3. The summed E-state index contributed by atoms with van der Waals surface area (Å²) >= 11 is 0. The lowest BCUT2D eigenvalue weighted by Crippen LogP contribution is -2.53. The van der Waals surface area contributed by atoms with E-state index in [1.807, 2.05) is 0 Å². The van der Waals surface area contributed by atoms with Crippen molar-refractivity contribution in [3.8, 4) is 0 Å². The van der Waals surface area contributed by atoms with Crippen LogP contribution in [-0.4, -0.2) is 42.3 Å². The van der Waals surface area contributed by atoms with Gasteiger partial charge in [0, 0.05) is 19.7 Å². The van der Waals surface area contributed by atoms with Crippen molar-refractivity contribution in [1.82, 2.24) is 4.98 Å². The molecule has 7 heteroatoms. The van der Waals surface area contributed by atoms with Gasteiger partial charge in [0.2, 0.25) is 5.82 Å². The minimum Gasteiger partial charge on any atom is -0.374 e. The van der Waals surface area contributed by atoms with Crippen molar-refractivity contribution in [2.24, 2.45) is 0 Å². The second kappa shape index (κ2) is 5.85. The van der Waals surface area contributed by atoms with Crippen molar-refractivity contribution < 1.29 is 9.66 Å². The molecule has 1 saturated heterocycles. The lowest BCUT2D eigenvalue weighted by molar-refractivity contribution is -0.384. The van der Waals surface area contributed by atoms with Crippen molar-refractivity contribution >= 4 is 17.3 Å². The summed E-state index contributed by atoms with van der Waals surface area (Å²) < 4.78 is 5.84. The average Bonchev–Trinajstić information content (AvgIpc) is 2.53. The zero-order valence-corrected chi connectivity index (χ0v) is 12.1. The molecule has 2 aliphatic rings. The number of hydrogen-bond donors (Lipinski definition) is 1. The van der Waals surface area contributed by atoms with E-state index >= 15 is 0 Å². The van der Waals surface area contributed by atoms with Gasteiger partial charge >= 0.3 is 5.69 Å². The van der Waals surface area contributed by atoms with E-state index in [4.69, 9.17) is 4.74 Å². The Bertz CT molecular complexity index is 535. The van der Waals surface area contributed by atoms with Crippen LogP contribution in [0.25, 0.3) is 0 Å². The van der Waals surface area contributed by atoms with Crippen LogP contribution in [0, 0.1) is 10.1 Å². The van der Waals surface area contributed by atoms with Crippen molar-refractivity contribution in [3.63, 3.8) is 0 Å². The summed E-state index contributed by atoms with van der Waals surface area (Å²) in [6.07, 6.45) is 4.52. The lowest BCUT2D eigenvalue weighted by Gasteiger charge is -2.44. The van der Waals surface area contributed by atoms with Crippen LogP contribution < -0.4 is 10.2 Å². The fourth-order valence-corrected chi connectivity index (χ4v) is 3.29. The molecule has 1 aliphatic carbocycles. The number of morpholine rings is 1. The van der Waals surface area contributed by atoms with Crippen molar-refractivity contribution in [2.45, 2.75) is 37.8 Å². The molecule has 1 N–H and O–H groups in total. The molecule has 21 heavy (non-hydrogen) atoms. The summed E-state index contributed by atoms with van der Waals surface area (Å²) in [6.45, 7) is 1.26. The molecule has 3 rings (SSSR count). The molecule has 2 fully saturated rings. The Hall–Kier alpha value is -1.89. The Morgan fingerprint density at radius 3 is 3.00 bits per heavy atom. The van der Waals surface area contributed by atoms with Crippen LogP contribution in [0.2, 0.25) is 0 Å². The third kappa shape index (κ3) is 2.65. The van der Waals surface area contributed by atoms with E-state index in [-0.39, 0.29) is 22.8 Å². The molecule has 0 radical (unpaired) electrons. The van der Waals surface area contributed by atoms with Crippen LogP contribution in [0.4, 0.5) is 17.3 Å². The van der Waals surface area contributed by atoms with Crippen LogP contribution >= 0.6 is 0 Å². The highest BCUT2D eigenvalue weighted by Crippen LogP contribution is 2.35. The number of nitrogens with zero attached hydrogens (tertiary/aromatic N) is 3. The second-order valence-electron chi connectivity index (χ2n) is 5.50. The molecule has 0 aromatic carbocycles. The predicted octanol–water partition coefficient (Wildman–Crippen LogP) is 2.18. The van der Waals surface area contributed by atoms with Gasteiger partial charge in [-0.15, -0.1) is 0 Å². The Balaban J connectivity index is 1.98. The maximum absolute atomic E-state index is 11.3. The molecule has 114 valence electrons. The molecule has 0 bridgehead atoms.